The first-order valence-electron chi connectivity index (χ1n) is 3.36. The fourth-order valence-corrected chi connectivity index (χ4v) is 1.28. The van der Waals surface area contributed by atoms with Crippen molar-refractivity contribution in [3.8, 4) is 0 Å². The third-order valence-electron chi connectivity index (χ3n) is 2.08. The molecule has 0 saturated heterocycles. The standard InChI is InChI=1S/C7H15N/c1-6-4-7(5-6)8(2)3/h6-7H,4-5H2,1-3H3. The molecule has 1 nitrogen and oxygen atoms in total. The maximum Gasteiger partial charge on any atom is 0.00942 e. The zero-order chi connectivity index (χ0) is 6.15. The molecule has 1 fully saturated rings. The first-order valence-corrected chi connectivity index (χ1v) is 3.36. The minimum Gasteiger partial charge on any atom is -0.306 e. The van der Waals surface area contributed by atoms with E-state index in [1.807, 2.05) is 0 Å². The fraction of sp³-hybridized carbons (Fsp3) is 1.00. The van der Waals surface area contributed by atoms with Crippen LogP contribution in [-0.2, 0) is 0 Å². The van der Waals surface area contributed by atoms with Gasteiger partial charge in [0.2, 0.25) is 0 Å². The van der Waals surface area contributed by atoms with Crippen LogP contribution in [0.25, 0.3) is 0 Å². The van der Waals surface area contributed by atoms with Crippen LogP contribution < -0.4 is 0 Å². The van der Waals surface area contributed by atoms with E-state index in [1.54, 1.807) is 0 Å². The van der Waals surface area contributed by atoms with Crippen molar-refractivity contribution < 1.29 is 0 Å². The van der Waals surface area contributed by atoms with E-state index in [9.17, 15) is 0 Å². The van der Waals surface area contributed by atoms with Gasteiger partial charge >= 0.3 is 0 Å². The highest BCUT2D eigenvalue weighted by atomic mass is 15.1. The Morgan fingerprint density at radius 1 is 1.25 bits per heavy atom. The van der Waals surface area contributed by atoms with Gasteiger partial charge in [0.05, 0.1) is 0 Å². The average molecular weight is 113 g/mol. The summed E-state index contributed by atoms with van der Waals surface area (Å²) in [5.41, 5.74) is 0. The third-order valence-corrected chi connectivity index (χ3v) is 2.08. The van der Waals surface area contributed by atoms with E-state index in [0.717, 1.165) is 12.0 Å². The summed E-state index contributed by atoms with van der Waals surface area (Å²) in [6.45, 7) is 2.32. The Balaban J connectivity index is 2.15. The molecule has 0 atom stereocenters. The van der Waals surface area contributed by atoms with Crippen LogP contribution in [0, 0.1) is 5.92 Å². The fourth-order valence-electron chi connectivity index (χ4n) is 1.28. The van der Waals surface area contributed by atoms with Gasteiger partial charge in [0, 0.05) is 6.04 Å². The Kier molecular flexibility index (Phi) is 1.57. The Hall–Kier alpha value is -0.0400. The quantitative estimate of drug-likeness (QED) is 0.496. The second kappa shape index (κ2) is 2.06. The molecule has 0 N–H and O–H groups in total. The van der Waals surface area contributed by atoms with Gasteiger partial charge in [0.1, 0.15) is 0 Å². The molecule has 0 bridgehead atoms. The Labute approximate surface area is 51.7 Å². The third kappa shape index (κ3) is 1.03. The molecule has 0 aromatic rings. The molecule has 1 aliphatic rings. The molecule has 1 saturated carbocycles. The van der Waals surface area contributed by atoms with Gasteiger partial charge in [-0.2, -0.15) is 0 Å². The lowest BCUT2D eigenvalue weighted by Crippen LogP contribution is -2.38. The second-order valence-corrected chi connectivity index (χ2v) is 3.19. The molecule has 0 amide bonds. The monoisotopic (exact) mass is 113 g/mol. The van der Waals surface area contributed by atoms with Gasteiger partial charge in [0.15, 0.2) is 0 Å². The van der Waals surface area contributed by atoms with Crippen molar-refractivity contribution in [1.82, 2.24) is 4.90 Å². The van der Waals surface area contributed by atoms with E-state index in [0.29, 0.717) is 0 Å². The average Bonchev–Trinajstić information content (AvgIpc) is 1.57. The molecular weight excluding hydrogens is 98.1 g/mol. The minimum atomic E-state index is 0.894. The summed E-state index contributed by atoms with van der Waals surface area (Å²) in [6.07, 6.45) is 2.82. The van der Waals surface area contributed by atoms with Crippen molar-refractivity contribution in [2.75, 3.05) is 14.1 Å². The zero-order valence-corrected chi connectivity index (χ0v) is 6.02. The molecule has 1 aliphatic carbocycles. The molecule has 0 spiro atoms. The summed E-state index contributed by atoms with van der Waals surface area (Å²) < 4.78 is 0. The Morgan fingerprint density at radius 3 is 1.88 bits per heavy atom. The van der Waals surface area contributed by atoms with Gasteiger partial charge in [-0.25, -0.2) is 0 Å². The molecule has 1 rings (SSSR count). The maximum absolute atomic E-state index is 2.32. The Bertz CT molecular complexity index is 72.5. The normalized spacial score (nSPS) is 37.5. The highest BCUT2D eigenvalue weighted by Crippen LogP contribution is 2.29. The van der Waals surface area contributed by atoms with Gasteiger partial charge in [-0.1, -0.05) is 6.92 Å². The van der Waals surface area contributed by atoms with Gasteiger partial charge in [-0.05, 0) is 32.9 Å². The van der Waals surface area contributed by atoms with Crippen LogP contribution in [0.4, 0.5) is 0 Å². The number of hydrogen-bond donors (Lipinski definition) is 0. The molecule has 0 unspecified atom stereocenters. The summed E-state index contributed by atoms with van der Waals surface area (Å²) in [7, 11) is 4.33. The largest absolute Gasteiger partial charge is 0.306 e. The van der Waals surface area contributed by atoms with Gasteiger partial charge in [-0.15, -0.1) is 0 Å². The van der Waals surface area contributed by atoms with Crippen LogP contribution in [0.5, 0.6) is 0 Å². The molecular formula is C7H15N. The number of rotatable bonds is 1. The van der Waals surface area contributed by atoms with Gasteiger partial charge in [0.25, 0.3) is 0 Å². The van der Waals surface area contributed by atoms with Crippen molar-refractivity contribution in [2.24, 2.45) is 5.92 Å². The summed E-state index contributed by atoms with van der Waals surface area (Å²) in [4.78, 5) is 2.32. The van der Waals surface area contributed by atoms with Crippen molar-refractivity contribution in [2.45, 2.75) is 25.8 Å². The van der Waals surface area contributed by atoms with Crippen LogP contribution in [0.15, 0.2) is 0 Å². The summed E-state index contributed by atoms with van der Waals surface area (Å²) >= 11 is 0. The molecule has 0 aromatic carbocycles. The minimum absolute atomic E-state index is 0.894. The molecule has 0 radical (unpaired) electrons. The van der Waals surface area contributed by atoms with Crippen molar-refractivity contribution in [3.63, 3.8) is 0 Å². The smallest absolute Gasteiger partial charge is 0.00942 e. The van der Waals surface area contributed by atoms with Gasteiger partial charge < -0.3 is 4.90 Å². The molecule has 1 heteroatoms. The van der Waals surface area contributed by atoms with Crippen molar-refractivity contribution in [1.29, 1.82) is 0 Å². The summed E-state index contributed by atoms with van der Waals surface area (Å²) in [6, 6.07) is 0.894. The van der Waals surface area contributed by atoms with Crippen LogP contribution >= 0.6 is 0 Å². The molecule has 8 heavy (non-hydrogen) atoms. The van der Waals surface area contributed by atoms with E-state index in [1.165, 1.54) is 12.8 Å². The summed E-state index contributed by atoms with van der Waals surface area (Å²) in [5, 5.41) is 0. The lowest BCUT2D eigenvalue weighted by atomic mass is 9.81. The number of hydrogen-bond acceptors (Lipinski definition) is 1. The van der Waals surface area contributed by atoms with Crippen molar-refractivity contribution >= 4 is 0 Å². The molecule has 48 valence electrons. The Morgan fingerprint density at radius 2 is 1.75 bits per heavy atom. The highest BCUT2D eigenvalue weighted by molar-refractivity contribution is 4.81. The van der Waals surface area contributed by atoms with E-state index < -0.39 is 0 Å². The number of nitrogens with zero attached hydrogens (tertiary/aromatic N) is 1. The lowest BCUT2D eigenvalue weighted by Gasteiger charge is -2.37. The van der Waals surface area contributed by atoms with Crippen LogP contribution in [0.1, 0.15) is 19.8 Å². The predicted molar refractivity (Wildman–Crippen MR) is 35.9 cm³/mol. The predicted octanol–water partition coefficient (Wildman–Crippen LogP) is 1.35. The first kappa shape index (κ1) is 6.09. The maximum atomic E-state index is 2.32. The van der Waals surface area contributed by atoms with Crippen LogP contribution in [0.3, 0.4) is 0 Å². The zero-order valence-electron chi connectivity index (χ0n) is 6.02. The van der Waals surface area contributed by atoms with E-state index >= 15 is 0 Å². The molecule has 0 aliphatic heterocycles. The van der Waals surface area contributed by atoms with Crippen LogP contribution in [0.2, 0.25) is 0 Å². The lowest BCUT2D eigenvalue weighted by molar-refractivity contribution is 0.135. The highest BCUT2D eigenvalue weighted by Gasteiger charge is 2.26. The molecule has 0 heterocycles. The second-order valence-electron chi connectivity index (χ2n) is 3.19. The van der Waals surface area contributed by atoms with E-state index in [4.69, 9.17) is 0 Å². The van der Waals surface area contributed by atoms with E-state index in [-0.39, 0.29) is 0 Å². The summed E-state index contributed by atoms with van der Waals surface area (Å²) in [5.74, 6) is 0.988. The SMILES string of the molecule is CC1CC(N(C)C)C1. The van der Waals surface area contributed by atoms with Crippen LogP contribution in [-0.4, -0.2) is 25.0 Å². The first-order chi connectivity index (χ1) is 3.70. The topological polar surface area (TPSA) is 3.24 Å². The van der Waals surface area contributed by atoms with Gasteiger partial charge in [-0.3, -0.25) is 0 Å². The van der Waals surface area contributed by atoms with Crippen molar-refractivity contribution in [3.05, 3.63) is 0 Å². The molecule has 0 aromatic heterocycles. The van der Waals surface area contributed by atoms with E-state index in [2.05, 4.69) is 25.9 Å².